The molecule has 0 aromatic heterocycles. The Balaban J connectivity index is 3.75. The molecule has 2 N–H and O–H groups in total. The summed E-state index contributed by atoms with van der Waals surface area (Å²) in [6.07, 6.45) is 10.1. The van der Waals surface area contributed by atoms with E-state index in [0.717, 1.165) is 19.3 Å². The second-order valence-electron chi connectivity index (χ2n) is 8.81. The van der Waals surface area contributed by atoms with Crippen LogP contribution in [0.3, 0.4) is 0 Å². The number of aliphatic carboxylic acids is 1. The second kappa shape index (κ2) is 17.4. The highest BCUT2D eigenvalue weighted by atomic mass is 31.2. The summed E-state index contributed by atoms with van der Waals surface area (Å²) in [7, 11) is 3.79. The molecule has 0 aliphatic carbocycles. The first kappa shape index (κ1) is 28.7. The van der Waals surface area contributed by atoms with Gasteiger partial charge in [0.1, 0.15) is 12.6 Å². The van der Waals surface area contributed by atoms with Crippen molar-refractivity contribution in [2.75, 3.05) is 40.9 Å². The summed E-state index contributed by atoms with van der Waals surface area (Å²) in [4.78, 5) is 20.9. The molecule has 0 heterocycles. The number of hydrogen-bond donors (Lipinski definition) is 2. The van der Waals surface area contributed by atoms with E-state index in [1.54, 1.807) is 0 Å². The van der Waals surface area contributed by atoms with Gasteiger partial charge < -0.3 is 28.3 Å². The molecule has 0 radical (unpaired) electrons. The molecule has 0 fully saturated rings. The lowest BCUT2D eigenvalue weighted by Gasteiger charge is -2.29. The van der Waals surface area contributed by atoms with Gasteiger partial charge in [0.2, 0.25) is 0 Å². The van der Waals surface area contributed by atoms with Gasteiger partial charge in [0.05, 0.1) is 40.3 Å². The number of rotatable bonds is 20. The van der Waals surface area contributed by atoms with Crippen LogP contribution in [0.25, 0.3) is 0 Å². The lowest BCUT2D eigenvalue weighted by molar-refractivity contribution is -0.873. The van der Waals surface area contributed by atoms with Crippen molar-refractivity contribution >= 4 is 14.6 Å². The monoisotopic (exact) mass is 438 g/mol. The lowest BCUT2D eigenvalue weighted by Crippen LogP contribution is -2.42. The first-order chi connectivity index (χ1) is 13.6. The molecule has 3 atom stereocenters. The molecule has 0 aliphatic rings. The Hall–Kier alpha value is -0.300. The number of carboxylic acid groups (broad SMARTS) is 1. The number of carboxylic acids is 1. The van der Waals surface area contributed by atoms with Crippen molar-refractivity contribution in [3.05, 3.63) is 0 Å². The predicted molar refractivity (Wildman–Crippen MR) is 118 cm³/mol. The Bertz CT molecular complexity index is 405. The van der Waals surface area contributed by atoms with Gasteiger partial charge in [-0.1, -0.05) is 45.4 Å². The zero-order valence-electron chi connectivity index (χ0n) is 19.3. The van der Waals surface area contributed by atoms with Crippen molar-refractivity contribution in [2.24, 2.45) is 0 Å². The lowest BCUT2D eigenvalue weighted by atomic mass is 10.1. The van der Waals surface area contributed by atoms with E-state index in [2.05, 4.69) is 13.8 Å². The topological polar surface area (TPSA) is 85.2 Å². The second-order valence-corrected chi connectivity index (χ2v) is 9.76. The number of hydrogen-bond acceptors (Lipinski definition) is 5. The van der Waals surface area contributed by atoms with E-state index in [1.807, 2.05) is 21.1 Å². The first-order valence-electron chi connectivity index (χ1n) is 11.1. The van der Waals surface area contributed by atoms with Crippen molar-refractivity contribution in [3.63, 3.8) is 0 Å². The largest absolute Gasteiger partial charge is 0.481 e. The molecule has 0 aromatic carbocycles. The molecule has 0 saturated carbocycles. The molecule has 8 heteroatoms. The van der Waals surface area contributed by atoms with E-state index in [4.69, 9.17) is 18.9 Å². The average molecular weight is 439 g/mol. The summed E-state index contributed by atoms with van der Waals surface area (Å²) in [5.41, 5.74) is 0. The van der Waals surface area contributed by atoms with Gasteiger partial charge in [-0.2, -0.15) is 0 Å². The predicted octanol–water partition coefficient (Wildman–Crippen LogP) is 4.72. The minimum absolute atomic E-state index is 0.150. The highest BCUT2D eigenvalue weighted by molar-refractivity contribution is 7.40. The molecule has 0 bridgehead atoms. The summed E-state index contributed by atoms with van der Waals surface area (Å²) < 4.78 is 17.1. The van der Waals surface area contributed by atoms with E-state index in [0.29, 0.717) is 24.2 Å². The fourth-order valence-corrected chi connectivity index (χ4v) is 3.77. The van der Waals surface area contributed by atoms with Gasteiger partial charge in [-0.25, -0.2) is 0 Å². The van der Waals surface area contributed by atoms with Gasteiger partial charge in [0, 0.05) is 6.61 Å². The fraction of sp³-hybridized carbons (Fsp3) is 0.952. The Kier molecular flexibility index (Phi) is 17.2. The average Bonchev–Trinajstić information content (AvgIpc) is 2.58. The van der Waals surface area contributed by atoms with Crippen LogP contribution in [0, 0.1) is 0 Å². The maximum atomic E-state index is 11.0. The number of carbonyl (C=O) groups is 1. The Morgan fingerprint density at radius 1 is 1.00 bits per heavy atom. The Labute approximate surface area is 179 Å². The SMILES string of the molecule is CCCCCCCCC(C)OCCCCOP(O)OC(CC(=O)O)C[N+](C)(C)C. The van der Waals surface area contributed by atoms with E-state index in [1.165, 1.54) is 38.5 Å². The molecule has 3 unspecified atom stereocenters. The summed E-state index contributed by atoms with van der Waals surface area (Å²) in [5, 5.41) is 9.00. The fourth-order valence-electron chi connectivity index (χ4n) is 3.03. The normalized spacial score (nSPS) is 15.2. The van der Waals surface area contributed by atoms with Gasteiger partial charge in [-0.15, -0.1) is 0 Å². The summed E-state index contributed by atoms with van der Waals surface area (Å²) in [5.74, 6) is -0.945. The van der Waals surface area contributed by atoms with Crippen LogP contribution in [0.15, 0.2) is 0 Å². The van der Waals surface area contributed by atoms with Gasteiger partial charge in [0.25, 0.3) is 0 Å². The van der Waals surface area contributed by atoms with Crippen LogP contribution in [0.2, 0.25) is 0 Å². The molecule has 0 aliphatic heterocycles. The van der Waals surface area contributed by atoms with Gasteiger partial charge in [-0.3, -0.25) is 4.79 Å². The third-order valence-corrected chi connectivity index (χ3v) is 5.38. The van der Waals surface area contributed by atoms with Gasteiger partial charge in [-0.05, 0) is 26.2 Å². The third-order valence-electron chi connectivity index (χ3n) is 4.50. The number of quaternary nitrogens is 1. The zero-order chi connectivity index (χ0) is 22.1. The molecule has 0 rings (SSSR count). The summed E-state index contributed by atoms with van der Waals surface area (Å²) in [6.45, 7) is 5.91. The maximum absolute atomic E-state index is 11.0. The van der Waals surface area contributed by atoms with E-state index in [9.17, 15) is 9.69 Å². The van der Waals surface area contributed by atoms with Gasteiger partial charge >= 0.3 is 14.6 Å². The maximum Gasteiger partial charge on any atom is 0.330 e. The van der Waals surface area contributed by atoms with Crippen LogP contribution in [0.5, 0.6) is 0 Å². The number of nitrogens with zero attached hydrogens (tertiary/aromatic N) is 1. The number of unbranched alkanes of at least 4 members (excludes halogenated alkanes) is 6. The first-order valence-corrected chi connectivity index (χ1v) is 12.2. The van der Waals surface area contributed by atoms with Crippen molar-refractivity contribution in [1.82, 2.24) is 0 Å². The standard InChI is InChI=1S/C21H44NO6P/c1-6-7-8-9-10-11-14-19(2)26-15-12-13-16-27-29(25)28-20(17-21(23)24)18-22(3,4)5/h19-20,25H,6-18H2,1-5H3/p+1. The number of ether oxygens (including phenoxy) is 1. The molecule has 0 spiro atoms. The summed E-state index contributed by atoms with van der Waals surface area (Å²) in [6, 6.07) is 0. The van der Waals surface area contributed by atoms with Crippen LogP contribution in [-0.4, -0.2) is 73.6 Å². The molecule has 29 heavy (non-hydrogen) atoms. The van der Waals surface area contributed by atoms with Crippen molar-refractivity contribution in [3.8, 4) is 0 Å². The third kappa shape index (κ3) is 20.7. The summed E-state index contributed by atoms with van der Waals surface area (Å²) >= 11 is 0. The quantitative estimate of drug-likeness (QED) is 0.162. The van der Waals surface area contributed by atoms with E-state index in [-0.39, 0.29) is 12.5 Å². The molecule has 174 valence electrons. The van der Waals surface area contributed by atoms with E-state index >= 15 is 0 Å². The Morgan fingerprint density at radius 2 is 1.62 bits per heavy atom. The minimum Gasteiger partial charge on any atom is -0.481 e. The molecular formula is C21H45NO6P+. The Morgan fingerprint density at radius 3 is 2.24 bits per heavy atom. The van der Waals surface area contributed by atoms with Crippen molar-refractivity contribution in [2.45, 2.75) is 90.3 Å². The molecular weight excluding hydrogens is 393 g/mol. The number of likely N-dealkylation sites (N-methyl/N-ethyl adjacent to an activating group) is 1. The highest BCUT2D eigenvalue weighted by Crippen LogP contribution is 2.35. The van der Waals surface area contributed by atoms with Crippen LogP contribution in [0.4, 0.5) is 0 Å². The van der Waals surface area contributed by atoms with Crippen LogP contribution in [0.1, 0.15) is 78.1 Å². The van der Waals surface area contributed by atoms with E-state index < -0.39 is 20.7 Å². The van der Waals surface area contributed by atoms with Gasteiger partial charge in [0.15, 0.2) is 0 Å². The molecule has 0 saturated heterocycles. The van der Waals surface area contributed by atoms with Crippen LogP contribution >= 0.6 is 8.60 Å². The molecule has 0 amide bonds. The van der Waals surface area contributed by atoms with Crippen molar-refractivity contribution < 1.29 is 33.1 Å². The highest BCUT2D eigenvalue weighted by Gasteiger charge is 2.25. The minimum atomic E-state index is -2.07. The molecule has 0 aromatic rings. The molecule has 7 nitrogen and oxygen atoms in total. The zero-order valence-corrected chi connectivity index (χ0v) is 20.2. The van der Waals surface area contributed by atoms with Crippen molar-refractivity contribution in [1.29, 1.82) is 0 Å². The van der Waals surface area contributed by atoms with Crippen LogP contribution in [-0.2, 0) is 18.6 Å². The van der Waals surface area contributed by atoms with Crippen LogP contribution < -0.4 is 0 Å². The smallest absolute Gasteiger partial charge is 0.330 e.